The summed E-state index contributed by atoms with van der Waals surface area (Å²) in [5, 5.41) is 14.2. The lowest BCUT2D eigenvalue weighted by molar-refractivity contribution is 0.0860. The summed E-state index contributed by atoms with van der Waals surface area (Å²) in [6.45, 7) is 5.08. The molecular formula is C25H26F3N7O2. The van der Waals surface area contributed by atoms with Crippen LogP contribution < -0.4 is 26.0 Å². The fourth-order valence-electron chi connectivity index (χ4n) is 4.06. The van der Waals surface area contributed by atoms with E-state index < -0.39 is 24.0 Å². The molecule has 1 aromatic heterocycles. The Morgan fingerprint density at radius 3 is 2.65 bits per heavy atom. The number of nitrogens with one attached hydrogen (secondary N) is 3. The number of rotatable bonds is 7. The van der Waals surface area contributed by atoms with E-state index >= 15 is 4.39 Å². The summed E-state index contributed by atoms with van der Waals surface area (Å²) in [4.78, 5) is 22.3. The van der Waals surface area contributed by atoms with E-state index in [9.17, 15) is 13.6 Å². The lowest BCUT2D eigenvalue weighted by Crippen LogP contribution is -2.33. The molecule has 0 aliphatic carbocycles. The number of ether oxygens (including phenoxy) is 1. The fraction of sp³-hybridized carbons (Fsp3) is 0.280. The highest BCUT2D eigenvalue weighted by Gasteiger charge is 2.30. The van der Waals surface area contributed by atoms with E-state index in [1.165, 1.54) is 42.4 Å². The molecule has 0 fully saturated rings. The minimum atomic E-state index is -1.62. The number of aromatic nitrogens is 2. The van der Waals surface area contributed by atoms with Crippen LogP contribution in [-0.2, 0) is 6.42 Å². The largest absolute Gasteiger partial charge is 0.461 e. The predicted molar refractivity (Wildman–Crippen MR) is 135 cm³/mol. The number of hydrogen-bond acceptors (Lipinski definition) is 7. The molecule has 1 unspecified atom stereocenters. The molecule has 0 saturated heterocycles. The van der Waals surface area contributed by atoms with E-state index in [1.54, 1.807) is 0 Å². The number of halogens is 3. The molecule has 0 spiro atoms. The summed E-state index contributed by atoms with van der Waals surface area (Å²) in [6, 6.07) is 5.64. The van der Waals surface area contributed by atoms with Gasteiger partial charge in [-0.05, 0) is 44.5 Å². The molecule has 1 aliphatic rings. The number of carbonyl (C=O) groups excluding carboxylic acids is 1. The number of fused-ring (bicyclic) bond motifs is 1. The summed E-state index contributed by atoms with van der Waals surface area (Å²) in [5.41, 5.74) is 6.26. The Bertz CT molecular complexity index is 1360. The summed E-state index contributed by atoms with van der Waals surface area (Å²) >= 11 is 0. The molecule has 0 bridgehead atoms. The molecule has 2 amide bonds. The van der Waals surface area contributed by atoms with Crippen molar-refractivity contribution in [2.45, 2.75) is 39.6 Å². The van der Waals surface area contributed by atoms with Gasteiger partial charge in [-0.1, -0.05) is 0 Å². The number of benzene rings is 2. The van der Waals surface area contributed by atoms with Gasteiger partial charge in [0.05, 0.1) is 22.6 Å². The molecule has 194 valence electrons. The average Bonchev–Trinajstić information content (AvgIpc) is 3.26. The zero-order valence-electron chi connectivity index (χ0n) is 20.4. The number of hydrogen-bond donors (Lipinski definition) is 4. The van der Waals surface area contributed by atoms with Gasteiger partial charge in [0.2, 0.25) is 6.36 Å². The normalized spacial score (nSPS) is 13.3. The van der Waals surface area contributed by atoms with E-state index in [0.29, 0.717) is 5.82 Å². The molecule has 1 atom stereocenters. The molecule has 12 heteroatoms. The van der Waals surface area contributed by atoms with Crippen LogP contribution in [0.25, 0.3) is 0 Å². The lowest BCUT2D eigenvalue weighted by atomic mass is 9.98. The molecular weight excluding hydrogens is 487 g/mol. The van der Waals surface area contributed by atoms with Crippen LogP contribution in [0.5, 0.6) is 5.75 Å². The first-order chi connectivity index (χ1) is 17.6. The third kappa shape index (κ3) is 5.27. The molecule has 1 aliphatic heterocycles. The Morgan fingerprint density at radius 2 is 1.95 bits per heavy atom. The van der Waals surface area contributed by atoms with Crippen molar-refractivity contribution in [1.29, 1.82) is 5.41 Å². The minimum Gasteiger partial charge on any atom is -0.461 e. The molecule has 5 N–H and O–H groups in total. The van der Waals surface area contributed by atoms with Crippen molar-refractivity contribution in [3.63, 3.8) is 0 Å². The van der Waals surface area contributed by atoms with Gasteiger partial charge in [-0.15, -0.1) is 0 Å². The number of carbonyl (C=O) groups is 1. The van der Waals surface area contributed by atoms with Gasteiger partial charge in [0.25, 0.3) is 0 Å². The number of amides is 2. The van der Waals surface area contributed by atoms with Crippen molar-refractivity contribution in [1.82, 2.24) is 9.97 Å². The second-order valence-electron chi connectivity index (χ2n) is 8.72. The Hall–Kier alpha value is -4.35. The SMILES string of the molecule is CC(C)Nc1ncnc(N)c1C(=N)c1ccc2c(c1F)CCN2C(=O)Nc1cc(OC(C)F)ccc1F. The number of anilines is 4. The molecule has 9 nitrogen and oxygen atoms in total. The Labute approximate surface area is 211 Å². The first kappa shape index (κ1) is 25.7. The smallest absolute Gasteiger partial charge is 0.326 e. The lowest BCUT2D eigenvalue weighted by Gasteiger charge is -2.20. The Balaban J connectivity index is 1.61. The van der Waals surface area contributed by atoms with Gasteiger partial charge in [-0.3, -0.25) is 10.3 Å². The number of alkyl halides is 1. The second-order valence-corrected chi connectivity index (χ2v) is 8.72. The predicted octanol–water partition coefficient (Wildman–Crippen LogP) is 4.86. The summed E-state index contributed by atoms with van der Waals surface area (Å²) < 4.78 is 48.0. The number of nitrogens with zero attached hydrogens (tertiary/aromatic N) is 3. The first-order valence-corrected chi connectivity index (χ1v) is 11.5. The van der Waals surface area contributed by atoms with Gasteiger partial charge in [-0.2, -0.15) is 0 Å². The van der Waals surface area contributed by atoms with Gasteiger partial charge in [0.1, 0.15) is 35.3 Å². The monoisotopic (exact) mass is 513 g/mol. The Kier molecular flexibility index (Phi) is 7.18. The summed E-state index contributed by atoms with van der Waals surface area (Å²) in [7, 11) is 0. The van der Waals surface area contributed by atoms with Crippen molar-refractivity contribution >= 4 is 34.8 Å². The van der Waals surface area contributed by atoms with Crippen LogP contribution in [0.2, 0.25) is 0 Å². The summed E-state index contributed by atoms with van der Waals surface area (Å²) in [5.74, 6) is -1.04. The zero-order chi connectivity index (χ0) is 26.9. The molecule has 0 saturated carbocycles. The molecule has 2 heterocycles. The number of nitrogen functional groups attached to an aromatic ring is 1. The Morgan fingerprint density at radius 1 is 1.19 bits per heavy atom. The number of nitrogens with two attached hydrogens (primary N) is 1. The highest BCUT2D eigenvalue weighted by atomic mass is 19.1. The van der Waals surface area contributed by atoms with E-state index in [0.717, 1.165) is 6.07 Å². The van der Waals surface area contributed by atoms with Crippen LogP contribution in [-0.4, -0.2) is 40.7 Å². The first-order valence-electron chi connectivity index (χ1n) is 11.5. The molecule has 0 radical (unpaired) electrons. The third-order valence-corrected chi connectivity index (χ3v) is 5.64. The second kappa shape index (κ2) is 10.3. The quantitative estimate of drug-likeness (QED) is 0.334. The van der Waals surface area contributed by atoms with Crippen LogP contribution in [0.3, 0.4) is 0 Å². The van der Waals surface area contributed by atoms with E-state index in [-0.39, 0.29) is 64.4 Å². The maximum absolute atomic E-state index is 15.6. The maximum Gasteiger partial charge on any atom is 0.326 e. The van der Waals surface area contributed by atoms with Gasteiger partial charge >= 0.3 is 6.03 Å². The standard InChI is InChI=1S/C25H26F3N7O2/c1-12(2)33-24-20(23(30)31-11-32-24)22(29)16-5-7-19-15(21(16)28)8-9-35(19)25(36)34-18-10-14(37-13(3)26)4-6-17(18)27/h4-7,10-13,29H,8-9H2,1-3H3,(H,34,36)(H3,30,31,32,33). The van der Waals surface area contributed by atoms with Crippen LogP contribution in [0.1, 0.15) is 37.5 Å². The van der Waals surface area contributed by atoms with E-state index in [2.05, 4.69) is 20.6 Å². The summed E-state index contributed by atoms with van der Waals surface area (Å²) in [6.07, 6.45) is -0.182. The van der Waals surface area contributed by atoms with Crippen molar-refractivity contribution in [3.8, 4) is 5.75 Å². The van der Waals surface area contributed by atoms with Crippen molar-refractivity contribution in [2.75, 3.05) is 27.8 Å². The van der Waals surface area contributed by atoms with Crippen molar-refractivity contribution in [2.24, 2.45) is 0 Å². The van der Waals surface area contributed by atoms with Gasteiger partial charge < -0.3 is 21.1 Å². The molecule has 3 aromatic rings. The third-order valence-electron chi connectivity index (χ3n) is 5.64. The van der Waals surface area contributed by atoms with E-state index in [1.807, 2.05) is 13.8 Å². The van der Waals surface area contributed by atoms with Crippen molar-refractivity contribution < 1.29 is 22.7 Å². The van der Waals surface area contributed by atoms with Gasteiger partial charge in [-0.25, -0.2) is 27.9 Å². The highest BCUT2D eigenvalue weighted by Crippen LogP contribution is 2.34. The van der Waals surface area contributed by atoms with Crippen LogP contribution >= 0.6 is 0 Å². The van der Waals surface area contributed by atoms with Crippen LogP contribution in [0, 0.1) is 17.0 Å². The van der Waals surface area contributed by atoms with Crippen LogP contribution in [0.4, 0.5) is 41.0 Å². The molecule has 4 rings (SSSR count). The van der Waals surface area contributed by atoms with Crippen molar-refractivity contribution in [3.05, 3.63) is 65.0 Å². The van der Waals surface area contributed by atoms with Gasteiger partial charge in [0.15, 0.2) is 0 Å². The average molecular weight is 514 g/mol. The number of urea groups is 1. The molecule has 2 aromatic carbocycles. The van der Waals surface area contributed by atoms with Crippen LogP contribution in [0.15, 0.2) is 36.7 Å². The maximum atomic E-state index is 15.6. The topological polar surface area (TPSA) is 129 Å². The van der Waals surface area contributed by atoms with Gasteiger partial charge in [0, 0.05) is 36.7 Å². The molecule has 37 heavy (non-hydrogen) atoms. The highest BCUT2D eigenvalue weighted by molar-refractivity contribution is 6.17. The van der Waals surface area contributed by atoms with E-state index in [4.69, 9.17) is 15.9 Å². The fourth-order valence-corrected chi connectivity index (χ4v) is 4.06. The minimum absolute atomic E-state index is 0.0183. The zero-order valence-corrected chi connectivity index (χ0v) is 20.4.